The van der Waals surface area contributed by atoms with E-state index in [0.717, 1.165) is 5.56 Å². The predicted molar refractivity (Wildman–Crippen MR) is 109 cm³/mol. The van der Waals surface area contributed by atoms with Gasteiger partial charge in [-0.25, -0.2) is 4.79 Å². The number of aliphatic carboxylic acids is 1. The van der Waals surface area contributed by atoms with Gasteiger partial charge in [0.25, 0.3) is 5.91 Å². The first-order valence-corrected chi connectivity index (χ1v) is 10.0. The third-order valence-electron chi connectivity index (χ3n) is 5.10. The number of carbonyl (C=O) groups is 3. The van der Waals surface area contributed by atoms with Crippen LogP contribution in [0.3, 0.4) is 0 Å². The van der Waals surface area contributed by atoms with Crippen molar-refractivity contribution in [3.05, 3.63) is 35.4 Å². The van der Waals surface area contributed by atoms with Crippen LogP contribution in [0, 0.1) is 6.92 Å². The van der Waals surface area contributed by atoms with Crippen molar-refractivity contribution in [2.75, 3.05) is 33.3 Å². The molecule has 1 aromatic carbocycles. The van der Waals surface area contributed by atoms with Gasteiger partial charge in [0.05, 0.1) is 19.7 Å². The van der Waals surface area contributed by atoms with E-state index in [4.69, 9.17) is 14.6 Å². The van der Waals surface area contributed by atoms with Crippen molar-refractivity contribution in [2.45, 2.75) is 44.6 Å². The molecule has 178 valence electrons. The number of nitrogens with zero attached hydrogens (tertiary/aromatic N) is 2. The predicted octanol–water partition coefficient (Wildman–Crippen LogP) is 1.68. The molecular weight excluding hydrogens is 431 g/mol. The van der Waals surface area contributed by atoms with Crippen LogP contribution in [-0.2, 0) is 14.3 Å². The minimum Gasteiger partial charge on any atom is -0.475 e. The van der Waals surface area contributed by atoms with Gasteiger partial charge in [-0.1, -0.05) is 17.7 Å². The molecule has 2 fully saturated rings. The Labute approximate surface area is 184 Å². The second kappa shape index (κ2) is 9.86. The van der Waals surface area contributed by atoms with Crippen LogP contribution in [0.2, 0.25) is 0 Å². The highest BCUT2D eigenvalue weighted by Crippen LogP contribution is 2.31. The van der Waals surface area contributed by atoms with E-state index in [1.807, 2.05) is 61.9 Å². The number of carbonyl (C=O) groups excluding carboxylic acids is 2. The molecule has 1 aromatic rings. The lowest BCUT2D eigenvalue weighted by Crippen LogP contribution is -2.73. The van der Waals surface area contributed by atoms with Crippen molar-refractivity contribution < 1.29 is 37.4 Å². The molecule has 3 rings (SSSR count). The molecule has 8 nitrogen and oxygen atoms in total. The Morgan fingerprint density at radius 1 is 1.22 bits per heavy atom. The fourth-order valence-corrected chi connectivity index (χ4v) is 3.59. The van der Waals surface area contributed by atoms with Gasteiger partial charge in [-0.15, -0.1) is 0 Å². The standard InChI is InChI=1S/C19H27N3O3.C2HF3O2/c1-13(2)20-17(23)16-9-25-19(10-21(16)4)11-22(12-19)18(24)15-7-5-6-14(3)8-15;3-2(4,5)1(6)7/h5-8,13,16H,9-12H2,1-4H3,(H,20,23);(H,6,7). The van der Waals surface area contributed by atoms with Crippen molar-refractivity contribution in [1.29, 1.82) is 0 Å². The second-order valence-electron chi connectivity index (χ2n) is 8.42. The van der Waals surface area contributed by atoms with Crippen molar-refractivity contribution in [1.82, 2.24) is 15.1 Å². The molecule has 32 heavy (non-hydrogen) atoms. The summed E-state index contributed by atoms with van der Waals surface area (Å²) in [6.45, 7) is 8.04. The van der Waals surface area contributed by atoms with Crippen molar-refractivity contribution in [3.63, 3.8) is 0 Å². The molecule has 11 heteroatoms. The van der Waals surface area contributed by atoms with Crippen LogP contribution in [0.4, 0.5) is 13.2 Å². The highest BCUT2D eigenvalue weighted by atomic mass is 19.4. The van der Waals surface area contributed by atoms with E-state index >= 15 is 0 Å². The Morgan fingerprint density at radius 2 is 1.81 bits per heavy atom. The van der Waals surface area contributed by atoms with Crippen molar-refractivity contribution in [2.24, 2.45) is 0 Å². The maximum absolute atomic E-state index is 12.6. The number of amides is 2. The number of aryl methyl sites for hydroxylation is 1. The Morgan fingerprint density at radius 3 is 2.28 bits per heavy atom. The van der Waals surface area contributed by atoms with Gasteiger partial charge in [0, 0.05) is 18.2 Å². The summed E-state index contributed by atoms with van der Waals surface area (Å²) in [7, 11) is 1.94. The van der Waals surface area contributed by atoms with Gasteiger partial charge >= 0.3 is 12.1 Å². The number of rotatable bonds is 3. The Kier molecular flexibility index (Phi) is 7.89. The average molecular weight is 459 g/mol. The third-order valence-corrected chi connectivity index (χ3v) is 5.10. The van der Waals surface area contributed by atoms with E-state index in [2.05, 4.69) is 5.32 Å². The number of likely N-dealkylation sites (tertiary alicyclic amines) is 1. The van der Waals surface area contributed by atoms with Gasteiger partial charge in [0.1, 0.15) is 11.6 Å². The molecule has 0 radical (unpaired) electrons. The lowest BCUT2D eigenvalue weighted by atomic mass is 9.89. The second-order valence-corrected chi connectivity index (χ2v) is 8.42. The van der Waals surface area contributed by atoms with E-state index in [1.165, 1.54) is 0 Å². The molecule has 2 amide bonds. The first-order valence-electron chi connectivity index (χ1n) is 10.0. The minimum absolute atomic E-state index is 0.000586. The molecule has 2 aliphatic rings. The van der Waals surface area contributed by atoms with Crippen molar-refractivity contribution in [3.8, 4) is 0 Å². The molecule has 1 atom stereocenters. The largest absolute Gasteiger partial charge is 0.490 e. The van der Waals surface area contributed by atoms with Crippen molar-refractivity contribution >= 4 is 17.8 Å². The summed E-state index contributed by atoms with van der Waals surface area (Å²) in [6, 6.07) is 7.49. The molecule has 2 aliphatic heterocycles. The summed E-state index contributed by atoms with van der Waals surface area (Å²) in [5.41, 5.74) is 1.45. The first kappa shape index (κ1) is 25.6. The first-order chi connectivity index (χ1) is 14.7. The van der Waals surface area contributed by atoms with Crippen LogP contribution in [0.1, 0.15) is 29.8 Å². The van der Waals surface area contributed by atoms with Gasteiger partial charge in [0.15, 0.2) is 0 Å². The zero-order valence-corrected chi connectivity index (χ0v) is 18.4. The number of carboxylic acids is 1. The number of nitrogens with one attached hydrogen (secondary N) is 1. The van der Waals surface area contributed by atoms with E-state index in [-0.39, 0.29) is 29.5 Å². The Balaban J connectivity index is 0.000000451. The Hall–Kier alpha value is -2.66. The number of alkyl halides is 3. The zero-order valence-electron chi connectivity index (χ0n) is 18.4. The van der Waals surface area contributed by atoms with Crippen LogP contribution < -0.4 is 5.32 Å². The number of morpholine rings is 1. The number of carboxylic acid groups (broad SMARTS) is 1. The molecule has 1 spiro atoms. The molecule has 0 saturated carbocycles. The van der Waals surface area contributed by atoms with Gasteiger partial charge in [-0.2, -0.15) is 13.2 Å². The highest BCUT2D eigenvalue weighted by Gasteiger charge is 2.51. The Bertz CT molecular complexity index is 853. The summed E-state index contributed by atoms with van der Waals surface area (Å²) >= 11 is 0. The van der Waals surface area contributed by atoms with Crippen LogP contribution in [0.15, 0.2) is 24.3 Å². The SMILES string of the molecule is Cc1cccc(C(=O)N2CC3(C2)CN(C)C(C(=O)NC(C)C)CO3)c1.O=C(O)C(F)(F)F. The summed E-state index contributed by atoms with van der Waals surface area (Å²) < 4.78 is 37.8. The topological polar surface area (TPSA) is 99.2 Å². The summed E-state index contributed by atoms with van der Waals surface area (Å²) in [5.74, 6) is -2.72. The third kappa shape index (κ3) is 6.42. The summed E-state index contributed by atoms with van der Waals surface area (Å²) in [5, 5.41) is 10.1. The minimum atomic E-state index is -5.08. The summed E-state index contributed by atoms with van der Waals surface area (Å²) in [4.78, 5) is 37.6. The quantitative estimate of drug-likeness (QED) is 0.714. The zero-order chi connectivity index (χ0) is 24.3. The van der Waals surface area contributed by atoms with Crippen LogP contribution in [0.5, 0.6) is 0 Å². The number of ether oxygens (including phenoxy) is 1. The molecule has 0 bridgehead atoms. The summed E-state index contributed by atoms with van der Waals surface area (Å²) in [6.07, 6.45) is -5.08. The maximum atomic E-state index is 12.6. The number of likely N-dealkylation sites (N-methyl/N-ethyl adjacent to an activating group) is 1. The van der Waals surface area contributed by atoms with Gasteiger partial charge in [-0.3, -0.25) is 14.5 Å². The number of hydrogen-bond donors (Lipinski definition) is 2. The molecule has 2 saturated heterocycles. The normalized spacial score (nSPS) is 20.2. The smallest absolute Gasteiger partial charge is 0.475 e. The average Bonchev–Trinajstić information content (AvgIpc) is 2.64. The fraction of sp³-hybridized carbons (Fsp3) is 0.571. The molecule has 2 N–H and O–H groups in total. The molecule has 2 heterocycles. The lowest BCUT2D eigenvalue weighted by molar-refractivity contribution is -0.192. The van der Waals surface area contributed by atoms with E-state index in [9.17, 15) is 22.8 Å². The fourth-order valence-electron chi connectivity index (χ4n) is 3.59. The molecule has 1 unspecified atom stereocenters. The number of benzene rings is 1. The highest BCUT2D eigenvalue weighted by molar-refractivity contribution is 5.95. The van der Waals surface area contributed by atoms with E-state index in [1.54, 1.807) is 0 Å². The monoisotopic (exact) mass is 459 g/mol. The van der Waals surface area contributed by atoms with Crippen LogP contribution in [0.25, 0.3) is 0 Å². The number of hydrogen-bond acceptors (Lipinski definition) is 5. The van der Waals surface area contributed by atoms with Gasteiger partial charge < -0.3 is 20.1 Å². The lowest BCUT2D eigenvalue weighted by Gasteiger charge is -2.54. The van der Waals surface area contributed by atoms with Crippen LogP contribution >= 0.6 is 0 Å². The van der Waals surface area contributed by atoms with Gasteiger partial charge in [-0.05, 0) is 40.0 Å². The molecular formula is C21H28F3N3O5. The molecule has 0 aliphatic carbocycles. The molecule has 0 aromatic heterocycles. The van der Waals surface area contributed by atoms with Crippen LogP contribution in [-0.4, -0.2) is 89.8 Å². The van der Waals surface area contributed by atoms with E-state index < -0.39 is 12.1 Å². The maximum Gasteiger partial charge on any atom is 0.490 e. The number of halogens is 3. The van der Waals surface area contributed by atoms with E-state index in [0.29, 0.717) is 31.8 Å². The van der Waals surface area contributed by atoms with Gasteiger partial charge in [0.2, 0.25) is 5.91 Å².